The summed E-state index contributed by atoms with van der Waals surface area (Å²) in [6, 6.07) is 5.77. The Morgan fingerprint density at radius 3 is 2.61 bits per heavy atom. The molecule has 0 radical (unpaired) electrons. The van der Waals surface area contributed by atoms with Crippen molar-refractivity contribution in [1.29, 1.82) is 0 Å². The van der Waals surface area contributed by atoms with Crippen LogP contribution >= 0.6 is 15.9 Å². The summed E-state index contributed by atoms with van der Waals surface area (Å²) < 4.78 is 63.2. The van der Waals surface area contributed by atoms with Gasteiger partial charge in [-0.1, -0.05) is 12.1 Å². The Bertz CT molecular complexity index is 1070. The van der Waals surface area contributed by atoms with E-state index in [2.05, 4.69) is 26.3 Å². The molecule has 0 fully saturated rings. The zero-order valence-corrected chi connectivity index (χ0v) is 15.3. The van der Waals surface area contributed by atoms with E-state index < -0.39 is 42.3 Å². The Kier molecular flexibility index (Phi) is 5.40. The molecule has 148 valence electrons. The lowest BCUT2D eigenvalue weighted by Crippen LogP contribution is -2.31. The van der Waals surface area contributed by atoms with Gasteiger partial charge in [-0.2, -0.15) is 17.9 Å². The first kappa shape index (κ1) is 19.9. The minimum atomic E-state index is -4.85. The average molecular weight is 464 g/mol. The molecule has 0 bridgehead atoms. The summed E-state index contributed by atoms with van der Waals surface area (Å²) in [6.45, 7) is -1.08. The van der Waals surface area contributed by atoms with Crippen LogP contribution in [0.4, 0.5) is 17.6 Å². The van der Waals surface area contributed by atoms with E-state index >= 15 is 0 Å². The highest BCUT2D eigenvalue weighted by molar-refractivity contribution is 9.10. The Morgan fingerprint density at radius 2 is 1.96 bits per heavy atom. The monoisotopic (exact) mass is 463 g/mol. The van der Waals surface area contributed by atoms with E-state index in [4.69, 9.17) is 8.83 Å². The van der Waals surface area contributed by atoms with Crippen LogP contribution in [0.2, 0.25) is 0 Å². The van der Waals surface area contributed by atoms with Crippen molar-refractivity contribution in [3.05, 3.63) is 62.5 Å². The van der Waals surface area contributed by atoms with Crippen molar-refractivity contribution in [1.82, 2.24) is 15.1 Å². The Balaban J connectivity index is 1.67. The number of carbonyl (C=O) groups excluding carboxylic acids is 1. The summed E-state index contributed by atoms with van der Waals surface area (Å²) in [5, 5.41) is 6.02. The number of hydrogen-bond acceptors (Lipinski definition) is 5. The standard InChI is InChI=1S/C16H10BrF4N3O4/c17-11-5-4-10(27-11)14-23-24(15(26)28-14)7-12(25)22-6-8-2-1-3-9(13(8)18)16(19,20)21/h1-5H,6-7H2,(H,22,25). The van der Waals surface area contributed by atoms with Crippen LogP contribution in [-0.2, 0) is 24.1 Å². The first-order valence-electron chi connectivity index (χ1n) is 7.60. The number of benzene rings is 1. The third kappa shape index (κ3) is 4.32. The minimum absolute atomic E-state index is 0.147. The third-order valence-corrected chi connectivity index (χ3v) is 3.97. The molecule has 12 heteroatoms. The van der Waals surface area contributed by atoms with Crippen LogP contribution in [0.1, 0.15) is 11.1 Å². The fourth-order valence-corrected chi connectivity index (χ4v) is 2.56. The highest BCUT2D eigenvalue weighted by Crippen LogP contribution is 2.32. The van der Waals surface area contributed by atoms with Crippen molar-refractivity contribution in [3.8, 4) is 11.7 Å². The molecule has 7 nitrogen and oxygen atoms in total. The molecule has 1 N–H and O–H groups in total. The van der Waals surface area contributed by atoms with Crippen LogP contribution in [0, 0.1) is 5.82 Å². The van der Waals surface area contributed by atoms with E-state index in [1.807, 2.05) is 0 Å². The smallest absolute Gasteiger partial charge is 0.437 e. The van der Waals surface area contributed by atoms with E-state index in [1.54, 1.807) is 6.07 Å². The van der Waals surface area contributed by atoms with Gasteiger partial charge in [0.15, 0.2) is 10.4 Å². The van der Waals surface area contributed by atoms with Crippen LogP contribution in [0.15, 0.2) is 48.6 Å². The minimum Gasteiger partial charge on any atom is -0.444 e. The number of carbonyl (C=O) groups is 1. The van der Waals surface area contributed by atoms with Crippen molar-refractivity contribution in [2.75, 3.05) is 0 Å². The quantitative estimate of drug-likeness (QED) is 0.586. The third-order valence-electron chi connectivity index (χ3n) is 3.54. The van der Waals surface area contributed by atoms with Gasteiger partial charge in [-0.15, -0.1) is 5.10 Å². The average Bonchev–Trinajstić information content (AvgIpc) is 3.19. The predicted octanol–water partition coefficient (Wildman–Crippen LogP) is 3.33. The van der Waals surface area contributed by atoms with E-state index in [1.165, 1.54) is 6.07 Å². The molecule has 1 aromatic carbocycles. The van der Waals surface area contributed by atoms with Crippen LogP contribution in [0.25, 0.3) is 11.7 Å². The SMILES string of the molecule is O=C(Cn1nc(-c2ccc(Br)o2)oc1=O)NCc1cccc(C(F)(F)F)c1F. The fraction of sp³-hybridized carbons (Fsp3) is 0.188. The van der Waals surface area contributed by atoms with Gasteiger partial charge in [0.05, 0.1) is 5.56 Å². The van der Waals surface area contributed by atoms with Gasteiger partial charge in [-0.3, -0.25) is 4.79 Å². The maximum atomic E-state index is 13.9. The van der Waals surface area contributed by atoms with Gasteiger partial charge in [-0.05, 0) is 34.1 Å². The molecule has 0 aliphatic rings. The first-order chi connectivity index (χ1) is 13.1. The summed E-state index contributed by atoms with van der Waals surface area (Å²) in [5.41, 5.74) is -1.78. The molecule has 0 spiro atoms. The molecule has 0 saturated carbocycles. The zero-order chi connectivity index (χ0) is 20.5. The summed E-state index contributed by atoms with van der Waals surface area (Å²) >= 11 is 3.07. The van der Waals surface area contributed by atoms with Crippen LogP contribution < -0.4 is 11.1 Å². The molecule has 0 aliphatic carbocycles. The number of rotatable bonds is 5. The summed E-state index contributed by atoms with van der Waals surface area (Å²) in [7, 11) is 0. The molecule has 0 unspecified atom stereocenters. The van der Waals surface area contributed by atoms with Gasteiger partial charge in [0.2, 0.25) is 5.91 Å². The van der Waals surface area contributed by atoms with Crippen LogP contribution in [-0.4, -0.2) is 15.7 Å². The van der Waals surface area contributed by atoms with Gasteiger partial charge >= 0.3 is 11.9 Å². The molecule has 2 heterocycles. The maximum Gasteiger partial charge on any atom is 0.437 e. The molecule has 0 atom stereocenters. The molecular weight excluding hydrogens is 454 g/mol. The second kappa shape index (κ2) is 7.62. The molecule has 28 heavy (non-hydrogen) atoms. The number of aromatic nitrogens is 2. The molecule has 3 aromatic rings. The predicted molar refractivity (Wildman–Crippen MR) is 89.4 cm³/mol. The number of furan rings is 1. The zero-order valence-electron chi connectivity index (χ0n) is 13.7. The lowest BCUT2D eigenvalue weighted by molar-refractivity contribution is -0.140. The van der Waals surface area contributed by atoms with Crippen molar-refractivity contribution < 1.29 is 31.2 Å². The molecular formula is C16H10BrF4N3O4. The highest BCUT2D eigenvalue weighted by Gasteiger charge is 2.34. The molecule has 1 amide bonds. The van der Waals surface area contributed by atoms with Crippen LogP contribution in [0.3, 0.4) is 0 Å². The topological polar surface area (TPSA) is 90.3 Å². The van der Waals surface area contributed by atoms with Gasteiger partial charge in [0.25, 0.3) is 5.89 Å². The normalized spacial score (nSPS) is 11.6. The number of nitrogens with zero attached hydrogens (tertiary/aromatic N) is 2. The Labute approximate surface area is 162 Å². The van der Waals surface area contributed by atoms with E-state index in [-0.39, 0.29) is 17.2 Å². The van der Waals surface area contributed by atoms with E-state index in [9.17, 15) is 27.2 Å². The second-order valence-corrected chi connectivity index (χ2v) is 6.27. The first-order valence-corrected chi connectivity index (χ1v) is 8.39. The second-order valence-electron chi connectivity index (χ2n) is 5.49. The Hall–Kier alpha value is -2.89. The Morgan fingerprint density at radius 1 is 1.21 bits per heavy atom. The van der Waals surface area contributed by atoms with Crippen molar-refractivity contribution >= 4 is 21.8 Å². The largest absolute Gasteiger partial charge is 0.444 e. The fourth-order valence-electron chi connectivity index (χ4n) is 2.26. The maximum absolute atomic E-state index is 13.9. The van der Waals surface area contributed by atoms with Gasteiger partial charge in [0.1, 0.15) is 12.4 Å². The number of hydrogen-bond donors (Lipinski definition) is 1. The lowest BCUT2D eigenvalue weighted by atomic mass is 10.1. The number of amides is 1. The summed E-state index contributed by atoms with van der Waals surface area (Å²) in [4.78, 5) is 23.7. The number of halogens is 5. The van der Waals surface area contributed by atoms with E-state index in [0.717, 1.165) is 12.1 Å². The van der Waals surface area contributed by atoms with Gasteiger partial charge in [0, 0.05) is 12.1 Å². The molecule has 0 aliphatic heterocycles. The van der Waals surface area contributed by atoms with E-state index in [0.29, 0.717) is 15.4 Å². The van der Waals surface area contributed by atoms with Crippen molar-refractivity contribution in [3.63, 3.8) is 0 Å². The summed E-state index contributed by atoms with van der Waals surface area (Å²) in [6.07, 6.45) is -4.85. The number of nitrogens with one attached hydrogen (secondary N) is 1. The molecule has 3 rings (SSSR count). The molecule has 2 aromatic heterocycles. The van der Waals surface area contributed by atoms with Crippen molar-refractivity contribution in [2.45, 2.75) is 19.3 Å². The summed E-state index contributed by atoms with van der Waals surface area (Å²) in [5.74, 6) is -3.21. The van der Waals surface area contributed by atoms with Gasteiger partial charge in [-0.25, -0.2) is 9.18 Å². The molecule has 0 saturated heterocycles. The highest BCUT2D eigenvalue weighted by atomic mass is 79.9. The van der Waals surface area contributed by atoms with Crippen LogP contribution in [0.5, 0.6) is 0 Å². The lowest BCUT2D eigenvalue weighted by Gasteiger charge is -2.11. The number of alkyl halides is 3. The van der Waals surface area contributed by atoms with Gasteiger partial charge < -0.3 is 14.2 Å². The van der Waals surface area contributed by atoms with Crippen molar-refractivity contribution in [2.24, 2.45) is 0 Å².